The Morgan fingerprint density at radius 2 is 1.81 bits per heavy atom. The van der Waals surface area contributed by atoms with Gasteiger partial charge >= 0.3 is 0 Å². The zero-order chi connectivity index (χ0) is 18.1. The first-order valence-electron chi connectivity index (χ1n) is 9.21. The van der Waals surface area contributed by atoms with Gasteiger partial charge < -0.3 is 9.84 Å². The molecule has 4 rings (SSSR count). The summed E-state index contributed by atoms with van der Waals surface area (Å²) in [7, 11) is 0. The maximum absolute atomic E-state index is 11.5. The summed E-state index contributed by atoms with van der Waals surface area (Å²) in [6, 6.07) is 18.7. The summed E-state index contributed by atoms with van der Waals surface area (Å²) in [5.74, 6) is 0. The number of hydrogen-bond acceptors (Lipinski definition) is 4. The smallest absolute Gasteiger partial charge is 0.0994 e. The van der Waals surface area contributed by atoms with Crippen molar-refractivity contribution in [1.82, 2.24) is 4.90 Å². The summed E-state index contributed by atoms with van der Waals surface area (Å²) in [5.41, 5.74) is 2.82. The van der Waals surface area contributed by atoms with Gasteiger partial charge in [0.25, 0.3) is 0 Å². The van der Waals surface area contributed by atoms with E-state index in [1.54, 1.807) is 0 Å². The number of morpholine rings is 1. The van der Waals surface area contributed by atoms with E-state index >= 15 is 0 Å². The summed E-state index contributed by atoms with van der Waals surface area (Å²) < 4.78 is 5.80. The second kappa shape index (κ2) is 6.85. The van der Waals surface area contributed by atoms with Gasteiger partial charge in [0.15, 0.2) is 0 Å². The molecule has 2 aromatic carbocycles. The maximum atomic E-state index is 11.5. The third-order valence-electron chi connectivity index (χ3n) is 5.87. The lowest BCUT2D eigenvalue weighted by molar-refractivity contribution is -0.149. The van der Waals surface area contributed by atoms with Crippen molar-refractivity contribution in [1.29, 1.82) is 5.26 Å². The van der Waals surface area contributed by atoms with Gasteiger partial charge in [-0.25, -0.2) is 0 Å². The molecule has 0 spiro atoms. The highest BCUT2D eigenvalue weighted by Crippen LogP contribution is 2.43. The van der Waals surface area contributed by atoms with E-state index < -0.39 is 5.60 Å². The molecule has 4 heteroatoms. The Balaban J connectivity index is 1.63. The van der Waals surface area contributed by atoms with Crippen LogP contribution in [0.2, 0.25) is 0 Å². The fourth-order valence-corrected chi connectivity index (χ4v) is 4.58. The minimum Gasteiger partial charge on any atom is -0.385 e. The lowest BCUT2D eigenvalue weighted by Crippen LogP contribution is -2.60. The lowest BCUT2D eigenvalue weighted by Gasteiger charge is -2.52. The van der Waals surface area contributed by atoms with Crippen LogP contribution in [-0.4, -0.2) is 35.3 Å². The van der Waals surface area contributed by atoms with E-state index in [-0.39, 0.29) is 12.1 Å². The van der Waals surface area contributed by atoms with Crippen molar-refractivity contribution in [3.05, 3.63) is 70.8 Å². The fraction of sp³-hybridized carbons (Fsp3) is 0.409. The molecule has 2 fully saturated rings. The van der Waals surface area contributed by atoms with Gasteiger partial charge in [-0.1, -0.05) is 42.5 Å². The van der Waals surface area contributed by atoms with Crippen LogP contribution in [0.5, 0.6) is 0 Å². The molecule has 2 bridgehead atoms. The van der Waals surface area contributed by atoms with Gasteiger partial charge in [0.1, 0.15) is 0 Å². The maximum Gasteiger partial charge on any atom is 0.0994 e. The molecule has 2 aromatic rings. The van der Waals surface area contributed by atoms with Crippen molar-refractivity contribution in [2.45, 2.75) is 44.0 Å². The van der Waals surface area contributed by atoms with Crippen LogP contribution < -0.4 is 0 Å². The molecule has 134 valence electrons. The molecule has 2 aliphatic rings. The van der Waals surface area contributed by atoms with Crippen LogP contribution in [0.3, 0.4) is 0 Å². The van der Waals surface area contributed by atoms with Crippen molar-refractivity contribution < 1.29 is 9.84 Å². The SMILES string of the molecule is Cc1c(C#N)cccc1C1(O)CC2COCC(C1)N2Cc1ccccc1. The normalized spacial score (nSPS) is 28.5. The average molecular weight is 348 g/mol. The molecular formula is C22H24N2O2. The first-order chi connectivity index (χ1) is 12.6. The predicted octanol–water partition coefficient (Wildman–Crippen LogP) is 3.12. The summed E-state index contributed by atoms with van der Waals surface area (Å²) in [6.07, 6.45) is 1.26. The molecular weight excluding hydrogens is 324 g/mol. The molecule has 0 radical (unpaired) electrons. The summed E-state index contributed by atoms with van der Waals surface area (Å²) >= 11 is 0. The number of aliphatic hydroxyl groups is 1. The van der Waals surface area contributed by atoms with Crippen LogP contribution in [0.25, 0.3) is 0 Å². The zero-order valence-corrected chi connectivity index (χ0v) is 15.1. The van der Waals surface area contributed by atoms with Gasteiger partial charge in [-0.3, -0.25) is 4.90 Å². The second-order valence-corrected chi connectivity index (χ2v) is 7.53. The number of fused-ring (bicyclic) bond motifs is 2. The molecule has 2 atom stereocenters. The van der Waals surface area contributed by atoms with E-state index in [0.29, 0.717) is 31.6 Å². The minimum atomic E-state index is -0.900. The number of hydrogen-bond donors (Lipinski definition) is 1. The molecule has 4 nitrogen and oxygen atoms in total. The molecule has 2 heterocycles. The molecule has 1 N–H and O–H groups in total. The van der Waals surface area contributed by atoms with Crippen LogP contribution in [-0.2, 0) is 16.9 Å². The second-order valence-electron chi connectivity index (χ2n) is 7.53. The molecule has 26 heavy (non-hydrogen) atoms. The van der Waals surface area contributed by atoms with Crippen LogP contribution in [0.1, 0.15) is 35.1 Å². The van der Waals surface area contributed by atoms with Crippen molar-refractivity contribution in [3.8, 4) is 6.07 Å². The van der Waals surface area contributed by atoms with Crippen molar-refractivity contribution in [2.75, 3.05) is 13.2 Å². The Labute approximate surface area is 154 Å². The molecule has 2 aliphatic heterocycles. The van der Waals surface area contributed by atoms with Gasteiger partial charge in [-0.05, 0) is 42.5 Å². The first kappa shape index (κ1) is 17.2. The highest BCUT2D eigenvalue weighted by Gasteiger charge is 2.47. The highest BCUT2D eigenvalue weighted by molar-refractivity contribution is 5.44. The zero-order valence-electron chi connectivity index (χ0n) is 15.1. The van der Waals surface area contributed by atoms with Crippen molar-refractivity contribution >= 4 is 0 Å². The average Bonchev–Trinajstić information content (AvgIpc) is 2.64. The fourth-order valence-electron chi connectivity index (χ4n) is 4.58. The van der Waals surface area contributed by atoms with E-state index in [4.69, 9.17) is 4.74 Å². The van der Waals surface area contributed by atoms with Gasteiger partial charge in [-0.15, -0.1) is 0 Å². The summed E-state index contributed by atoms with van der Waals surface area (Å²) in [6.45, 7) is 4.10. The molecule has 0 aromatic heterocycles. The largest absolute Gasteiger partial charge is 0.385 e. The van der Waals surface area contributed by atoms with Crippen molar-refractivity contribution in [3.63, 3.8) is 0 Å². The van der Waals surface area contributed by atoms with E-state index in [1.807, 2.05) is 31.2 Å². The van der Waals surface area contributed by atoms with Gasteiger partial charge in [0, 0.05) is 18.6 Å². The van der Waals surface area contributed by atoms with Crippen molar-refractivity contribution in [2.24, 2.45) is 0 Å². The standard InChI is InChI=1S/C22H24N2O2/c1-16-18(12-23)8-5-9-21(16)22(25)10-19-14-26-15-20(11-22)24(19)13-17-6-3-2-4-7-17/h2-9,19-20,25H,10-11,13-15H2,1H3. The predicted molar refractivity (Wildman–Crippen MR) is 99.4 cm³/mol. The number of rotatable bonds is 3. The molecule has 0 saturated carbocycles. The van der Waals surface area contributed by atoms with Gasteiger partial charge in [0.2, 0.25) is 0 Å². The monoisotopic (exact) mass is 348 g/mol. The number of ether oxygens (including phenoxy) is 1. The number of nitrogens with zero attached hydrogens (tertiary/aromatic N) is 2. The molecule has 0 aliphatic carbocycles. The highest BCUT2D eigenvalue weighted by atomic mass is 16.5. The minimum absolute atomic E-state index is 0.179. The quantitative estimate of drug-likeness (QED) is 0.926. The topological polar surface area (TPSA) is 56.5 Å². The first-order valence-corrected chi connectivity index (χ1v) is 9.21. The van der Waals surface area contributed by atoms with Crippen LogP contribution >= 0.6 is 0 Å². The van der Waals surface area contributed by atoms with E-state index in [1.165, 1.54) is 5.56 Å². The molecule has 2 unspecified atom stereocenters. The Morgan fingerprint density at radius 1 is 1.12 bits per heavy atom. The van der Waals surface area contributed by atoms with Gasteiger partial charge in [-0.2, -0.15) is 5.26 Å². The van der Waals surface area contributed by atoms with E-state index in [9.17, 15) is 10.4 Å². The van der Waals surface area contributed by atoms with Gasteiger partial charge in [0.05, 0.1) is 30.4 Å². The number of benzene rings is 2. The molecule has 0 amide bonds. The third kappa shape index (κ3) is 3.03. The van der Waals surface area contributed by atoms with Crippen LogP contribution in [0, 0.1) is 18.3 Å². The Kier molecular flexibility index (Phi) is 4.54. The number of piperidine rings is 1. The third-order valence-corrected chi connectivity index (χ3v) is 5.87. The Hall–Kier alpha value is -2.19. The summed E-state index contributed by atoms with van der Waals surface area (Å²) in [4.78, 5) is 2.48. The molecule has 2 saturated heterocycles. The Morgan fingerprint density at radius 3 is 2.46 bits per heavy atom. The van der Waals surface area contributed by atoms with E-state index in [0.717, 1.165) is 17.7 Å². The number of nitriles is 1. The van der Waals surface area contributed by atoms with Crippen LogP contribution in [0.15, 0.2) is 48.5 Å². The van der Waals surface area contributed by atoms with E-state index in [2.05, 4.69) is 35.2 Å². The van der Waals surface area contributed by atoms with Crippen LogP contribution in [0.4, 0.5) is 0 Å². The Bertz CT molecular complexity index is 814. The summed E-state index contributed by atoms with van der Waals surface area (Å²) in [5, 5.41) is 20.9. The lowest BCUT2D eigenvalue weighted by atomic mass is 9.75.